The molecule has 10 heteroatoms. The van der Waals surface area contributed by atoms with Crippen LogP contribution in [-0.4, -0.2) is 83.7 Å². The van der Waals surface area contributed by atoms with Gasteiger partial charge in [-0.25, -0.2) is 0 Å². The maximum Gasteiger partial charge on any atom is 0.246 e. The Morgan fingerprint density at radius 3 is 1.72 bits per heavy atom. The van der Waals surface area contributed by atoms with Crippen molar-refractivity contribution >= 4 is 17.7 Å². The molecule has 0 radical (unpaired) electrons. The third kappa shape index (κ3) is 18.4. The fraction of sp³-hybridized carbons (Fsp3) is 0.800. The summed E-state index contributed by atoms with van der Waals surface area (Å²) in [5, 5.41) is 5.31. The van der Waals surface area contributed by atoms with E-state index in [0.717, 1.165) is 0 Å². The Labute approximate surface area is 147 Å². The molecule has 25 heavy (non-hydrogen) atoms. The van der Waals surface area contributed by atoms with Gasteiger partial charge in [-0.3, -0.25) is 14.4 Å². The van der Waals surface area contributed by atoms with Crippen LogP contribution >= 0.6 is 0 Å². The summed E-state index contributed by atoms with van der Waals surface area (Å²) in [6, 6.07) is 0. The summed E-state index contributed by atoms with van der Waals surface area (Å²) in [6.07, 6.45) is 0.451. The lowest BCUT2D eigenvalue weighted by Crippen LogP contribution is -2.31. The van der Waals surface area contributed by atoms with Gasteiger partial charge in [0.25, 0.3) is 0 Å². The second-order valence-electron chi connectivity index (χ2n) is 4.85. The fourth-order valence-corrected chi connectivity index (χ4v) is 1.48. The monoisotopic (exact) mass is 363 g/mol. The van der Waals surface area contributed by atoms with Crippen LogP contribution in [0, 0.1) is 0 Å². The molecule has 0 unspecified atom stereocenters. The summed E-state index contributed by atoms with van der Waals surface area (Å²) in [7, 11) is 0. The van der Waals surface area contributed by atoms with Crippen molar-refractivity contribution in [3.63, 3.8) is 0 Å². The Balaban J connectivity index is 3.23. The van der Waals surface area contributed by atoms with E-state index in [1.165, 1.54) is 0 Å². The fourth-order valence-electron chi connectivity index (χ4n) is 1.48. The Bertz CT molecular complexity index is 380. The van der Waals surface area contributed by atoms with Crippen LogP contribution in [0.1, 0.15) is 13.3 Å². The Kier molecular flexibility index (Phi) is 15.9. The largest absolute Gasteiger partial charge is 0.377 e. The number of amides is 3. The van der Waals surface area contributed by atoms with Crippen molar-refractivity contribution in [3.8, 4) is 0 Å². The zero-order valence-electron chi connectivity index (χ0n) is 14.7. The average molecular weight is 363 g/mol. The summed E-state index contributed by atoms with van der Waals surface area (Å²) < 4.78 is 20.5. The third-order valence-corrected chi connectivity index (χ3v) is 2.68. The number of hydrogen-bond acceptors (Lipinski definition) is 7. The number of hydrogen-bond donors (Lipinski definition) is 3. The minimum absolute atomic E-state index is 0.0151. The maximum atomic E-state index is 11.4. The molecule has 0 aliphatic heterocycles. The number of ether oxygens (including phenoxy) is 4. The first-order valence-corrected chi connectivity index (χ1v) is 8.19. The van der Waals surface area contributed by atoms with Gasteiger partial charge in [-0.2, -0.15) is 0 Å². The van der Waals surface area contributed by atoms with Crippen LogP contribution in [0.25, 0.3) is 0 Å². The quantitative estimate of drug-likeness (QED) is 0.259. The van der Waals surface area contributed by atoms with E-state index in [2.05, 4.69) is 10.6 Å². The molecule has 0 atom stereocenters. The molecule has 0 saturated heterocycles. The van der Waals surface area contributed by atoms with Crippen LogP contribution in [0.3, 0.4) is 0 Å². The second-order valence-corrected chi connectivity index (χ2v) is 4.85. The van der Waals surface area contributed by atoms with E-state index in [-0.39, 0.29) is 31.6 Å². The van der Waals surface area contributed by atoms with E-state index >= 15 is 0 Å². The van der Waals surface area contributed by atoms with Crippen molar-refractivity contribution in [2.24, 2.45) is 5.73 Å². The smallest absolute Gasteiger partial charge is 0.246 e. The van der Waals surface area contributed by atoms with Gasteiger partial charge in [0.1, 0.15) is 13.2 Å². The lowest BCUT2D eigenvalue weighted by molar-refractivity contribution is -0.127. The van der Waals surface area contributed by atoms with Gasteiger partial charge in [-0.05, 0) is 0 Å². The van der Waals surface area contributed by atoms with Crippen molar-refractivity contribution < 1.29 is 33.3 Å². The van der Waals surface area contributed by atoms with Crippen LogP contribution in [0.2, 0.25) is 0 Å². The summed E-state index contributed by atoms with van der Waals surface area (Å²) in [4.78, 5) is 32.8. The third-order valence-electron chi connectivity index (χ3n) is 2.68. The van der Waals surface area contributed by atoms with Crippen molar-refractivity contribution in [2.45, 2.75) is 13.3 Å². The van der Waals surface area contributed by atoms with Gasteiger partial charge in [0.2, 0.25) is 17.7 Å². The van der Waals surface area contributed by atoms with Crippen LogP contribution in [0.4, 0.5) is 0 Å². The van der Waals surface area contributed by atoms with E-state index in [1.54, 1.807) is 6.92 Å². The first-order valence-electron chi connectivity index (χ1n) is 8.19. The van der Waals surface area contributed by atoms with Gasteiger partial charge in [0.15, 0.2) is 0 Å². The molecular formula is C15H29N3O7. The minimum atomic E-state index is -0.527. The number of nitrogens with two attached hydrogens (primary N) is 1. The number of carbonyl (C=O) groups excluding carboxylic acids is 3. The standard InChI is InChI=1S/C15H29N3O7/c1-2-14(20)17-3-5-22-8-10-25-12-15(21)18-4-6-23-7-9-24-11-13(16)19/h2-12H2,1H3,(H2,16,19)(H,17,20)(H,18,21). The van der Waals surface area contributed by atoms with E-state index < -0.39 is 5.91 Å². The van der Waals surface area contributed by atoms with Gasteiger partial charge < -0.3 is 35.3 Å². The number of nitrogens with one attached hydrogen (secondary N) is 2. The van der Waals surface area contributed by atoms with Crippen LogP contribution in [0.15, 0.2) is 0 Å². The van der Waals surface area contributed by atoms with Gasteiger partial charge >= 0.3 is 0 Å². The van der Waals surface area contributed by atoms with Gasteiger partial charge in [-0.1, -0.05) is 6.92 Å². The van der Waals surface area contributed by atoms with Crippen LogP contribution in [-0.2, 0) is 33.3 Å². The molecule has 10 nitrogen and oxygen atoms in total. The van der Waals surface area contributed by atoms with Gasteiger partial charge in [-0.15, -0.1) is 0 Å². The van der Waals surface area contributed by atoms with Crippen molar-refractivity contribution in [1.82, 2.24) is 10.6 Å². The summed E-state index contributed by atoms with van der Waals surface area (Å²) in [5.74, 6) is -0.789. The van der Waals surface area contributed by atoms with Gasteiger partial charge in [0, 0.05) is 19.5 Å². The zero-order valence-corrected chi connectivity index (χ0v) is 14.7. The Morgan fingerprint density at radius 1 is 0.720 bits per heavy atom. The first kappa shape index (κ1) is 23.2. The molecule has 0 saturated carbocycles. The molecule has 0 aliphatic carbocycles. The number of carbonyl (C=O) groups is 3. The topological polar surface area (TPSA) is 138 Å². The van der Waals surface area contributed by atoms with E-state index in [1.807, 2.05) is 0 Å². The second kappa shape index (κ2) is 17.1. The SMILES string of the molecule is CCC(=O)NCCOCCOCC(=O)NCCOCCOCC(N)=O. The molecule has 146 valence electrons. The average Bonchev–Trinajstić information content (AvgIpc) is 2.58. The molecule has 0 aromatic heterocycles. The highest BCUT2D eigenvalue weighted by Crippen LogP contribution is 1.81. The van der Waals surface area contributed by atoms with E-state index in [0.29, 0.717) is 52.5 Å². The van der Waals surface area contributed by atoms with Crippen LogP contribution < -0.4 is 16.4 Å². The van der Waals surface area contributed by atoms with Crippen molar-refractivity contribution in [2.75, 3.05) is 65.9 Å². The summed E-state index contributed by atoms with van der Waals surface area (Å²) >= 11 is 0. The zero-order chi connectivity index (χ0) is 18.8. The molecule has 0 fully saturated rings. The molecular weight excluding hydrogens is 334 g/mol. The van der Waals surface area contributed by atoms with Crippen LogP contribution in [0.5, 0.6) is 0 Å². The maximum absolute atomic E-state index is 11.4. The Hall–Kier alpha value is -1.75. The Morgan fingerprint density at radius 2 is 1.20 bits per heavy atom. The highest BCUT2D eigenvalue weighted by Gasteiger charge is 2.01. The lowest BCUT2D eigenvalue weighted by atomic mass is 10.4. The molecule has 0 spiro atoms. The van der Waals surface area contributed by atoms with Crippen molar-refractivity contribution in [3.05, 3.63) is 0 Å². The molecule has 0 bridgehead atoms. The van der Waals surface area contributed by atoms with Gasteiger partial charge in [0.05, 0.1) is 39.6 Å². The van der Waals surface area contributed by atoms with Crippen molar-refractivity contribution in [1.29, 1.82) is 0 Å². The first-order chi connectivity index (χ1) is 12.1. The molecule has 0 aromatic carbocycles. The molecule has 3 amide bonds. The molecule has 0 aromatic rings. The molecule has 0 rings (SSSR count). The summed E-state index contributed by atoms with van der Waals surface area (Å²) in [5.41, 5.74) is 4.90. The highest BCUT2D eigenvalue weighted by molar-refractivity contribution is 5.77. The molecule has 0 heterocycles. The highest BCUT2D eigenvalue weighted by atomic mass is 16.5. The number of primary amides is 1. The van der Waals surface area contributed by atoms with E-state index in [4.69, 9.17) is 24.7 Å². The lowest BCUT2D eigenvalue weighted by Gasteiger charge is -2.08. The predicted octanol–water partition coefficient (Wildman–Crippen LogP) is -1.82. The minimum Gasteiger partial charge on any atom is -0.377 e. The predicted molar refractivity (Wildman–Crippen MR) is 88.8 cm³/mol. The number of rotatable bonds is 17. The normalized spacial score (nSPS) is 10.4. The molecule has 4 N–H and O–H groups in total. The molecule has 0 aliphatic rings. The van der Waals surface area contributed by atoms with E-state index in [9.17, 15) is 14.4 Å². The summed E-state index contributed by atoms with van der Waals surface area (Å²) in [6.45, 7) is 4.37.